The van der Waals surface area contributed by atoms with Crippen molar-refractivity contribution in [3.63, 3.8) is 0 Å². The second-order valence-corrected chi connectivity index (χ2v) is 12.8. The topological polar surface area (TPSA) is 180 Å². The molecule has 262 valence electrons. The van der Waals surface area contributed by atoms with Gasteiger partial charge in [-0.1, -0.05) is 6.42 Å². The molecule has 0 saturated carbocycles. The molecule has 3 atom stereocenters. The van der Waals surface area contributed by atoms with E-state index in [-0.39, 0.29) is 43.0 Å². The molecular weight excluding hydrogens is 644 g/mol. The number of ether oxygens (including phenoxy) is 4. The van der Waals surface area contributed by atoms with Gasteiger partial charge < -0.3 is 49.0 Å². The van der Waals surface area contributed by atoms with Crippen LogP contribution in [0.3, 0.4) is 0 Å². The summed E-state index contributed by atoms with van der Waals surface area (Å²) in [6.07, 6.45) is 5.55. The van der Waals surface area contributed by atoms with E-state index in [4.69, 9.17) is 27.8 Å². The van der Waals surface area contributed by atoms with Gasteiger partial charge in [-0.25, -0.2) is 9.59 Å². The van der Waals surface area contributed by atoms with Gasteiger partial charge in [0.2, 0.25) is 17.6 Å². The van der Waals surface area contributed by atoms with Crippen molar-refractivity contribution in [2.24, 2.45) is 0 Å². The Morgan fingerprint density at radius 1 is 0.812 bits per heavy atom. The highest BCUT2D eigenvalue weighted by Gasteiger charge is 2.42. The monoisotopic (exact) mass is 688 g/mol. The smallest absolute Gasteiger partial charge is 0.336 e. The van der Waals surface area contributed by atoms with Gasteiger partial charge in [-0.2, -0.15) is 11.8 Å². The maximum atomic E-state index is 12.2. The lowest BCUT2D eigenvalue weighted by molar-refractivity contribution is -0.122. The lowest BCUT2D eigenvalue weighted by atomic mass is 10.0. The molecule has 3 aromatic rings. The quantitative estimate of drug-likeness (QED) is 0.0693. The second kappa shape index (κ2) is 18.7. The Kier molecular flexibility index (Phi) is 13.8. The Morgan fingerprint density at radius 3 is 2.25 bits per heavy atom. The SMILES string of the molecule is O=C(CCCC[C@@H]1SC[C@@H]2NC(=O)N[C@@H]21)NCCOCCOCCOCCNC(=O)CCCOc1c2occc2cc2ccc(=O)oc12. The number of hydrogen-bond acceptors (Lipinski definition) is 11. The summed E-state index contributed by atoms with van der Waals surface area (Å²) in [6, 6.07) is 7.08. The first-order valence-electron chi connectivity index (χ1n) is 16.5. The molecule has 1 aromatic carbocycles. The van der Waals surface area contributed by atoms with Gasteiger partial charge in [0, 0.05) is 53.8 Å². The summed E-state index contributed by atoms with van der Waals surface area (Å²) in [5, 5.41) is 13.6. The predicted molar refractivity (Wildman–Crippen MR) is 179 cm³/mol. The molecule has 4 amide bonds. The fraction of sp³-hybridized carbons (Fsp3) is 0.576. The lowest BCUT2D eigenvalue weighted by Gasteiger charge is -2.16. The number of urea groups is 1. The Morgan fingerprint density at radius 2 is 1.50 bits per heavy atom. The van der Waals surface area contributed by atoms with Gasteiger partial charge in [-0.15, -0.1) is 0 Å². The van der Waals surface area contributed by atoms with Gasteiger partial charge in [-0.3, -0.25) is 9.59 Å². The van der Waals surface area contributed by atoms with Gasteiger partial charge in [0.1, 0.15) is 0 Å². The third-order valence-electron chi connectivity index (χ3n) is 8.04. The van der Waals surface area contributed by atoms with E-state index in [1.165, 1.54) is 6.07 Å². The summed E-state index contributed by atoms with van der Waals surface area (Å²) in [7, 11) is 0. The number of rotatable bonds is 22. The molecule has 0 aliphatic carbocycles. The molecule has 15 heteroatoms. The highest BCUT2D eigenvalue weighted by molar-refractivity contribution is 8.00. The van der Waals surface area contributed by atoms with E-state index in [0.717, 1.165) is 35.8 Å². The summed E-state index contributed by atoms with van der Waals surface area (Å²) in [6.45, 7) is 3.52. The van der Waals surface area contributed by atoms with Crippen molar-refractivity contribution in [1.82, 2.24) is 21.3 Å². The fourth-order valence-electron chi connectivity index (χ4n) is 5.66. The first-order chi connectivity index (χ1) is 23.5. The van der Waals surface area contributed by atoms with E-state index in [9.17, 15) is 19.2 Å². The average molecular weight is 689 g/mol. The summed E-state index contributed by atoms with van der Waals surface area (Å²) in [5.41, 5.74) is 0.331. The molecule has 4 heterocycles. The zero-order chi connectivity index (χ0) is 33.6. The van der Waals surface area contributed by atoms with Crippen molar-refractivity contribution in [2.75, 3.05) is 65.1 Å². The van der Waals surface area contributed by atoms with Crippen LogP contribution in [-0.4, -0.2) is 100 Å². The minimum absolute atomic E-state index is 0.0234. The van der Waals surface area contributed by atoms with Crippen molar-refractivity contribution in [3.05, 3.63) is 40.9 Å². The number of carbonyl (C=O) groups excluding carboxylic acids is 3. The van der Waals surface area contributed by atoms with Crippen LogP contribution in [0.4, 0.5) is 4.79 Å². The van der Waals surface area contributed by atoms with Gasteiger partial charge in [0.15, 0.2) is 11.2 Å². The second-order valence-electron chi connectivity index (χ2n) is 11.6. The Hall–Kier alpha value is -3.79. The maximum absolute atomic E-state index is 12.2. The minimum Gasteiger partial charge on any atom is -0.486 e. The molecule has 5 rings (SSSR count). The van der Waals surface area contributed by atoms with Gasteiger partial charge in [0.05, 0.1) is 64.6 Å². The molecule has 4 N–H and O–H groups in total. The van der Waals surface area contributed by atoms with E-state index in [2.05, 4.69) is 21.3 Å². The highest BCUT2D eigenvalue weighted by Crippen LogP contribution is 2.35. The number of amides is 4. The van der Waals surface area contributed by atoms with Crippen LogP contribution in [0.2, 0.25) is 0 Å². The Bertz CT molecular complexity index is 1560. The zero-order valence-corrected chi connectivity index (χ0v) is 27.7. The largest absolute Gasteiger partial charge is 0.486 e. The molecule has 2 aliphatic heterocycles. The number of carbonyl (C=O) groups is 3. The molecule has 0 bridgehead atoms. The van der Waals surface area contributed by atoms with E-state index >= 15 is 0 Å². The first-order valence-corrected chi connectivity index (χ1v) is 17.5. The van der Waals surface area contributed by atoms with Crippen LogP contribution in [0.25, 0.3) is 21.9 Å². The number of thioether (sulfide) groups is 1. The summed E-state index contributed by atoms with van der Waals surface area (Å²) in [5.74, 6) is 1.21. The van der Waals surface area contributed by atoms with Crippen molar-refractivity contribution in [3.8, 4) is 5.75 Å². The Labute approximate surface area is 282 Å². The molecule has 14 nitrogen and oxygen atoms in total. The molecular formula is C33H44N4O10S. The molecule has 0 unspecified atom stereocenters. The summed E-state index contributed by atoms with van der Waals surface area (Å²) in [4.78, 5) is 47.4. The van der Waals surface area contributed by atoms with E-state index < -0.39 is 5.63 Å². The summed E-state index contributed by atoms with van der Waals surface area (Å²) < 4.78 is 33.2. The van der Waals surface area contributed by atoms with Crippen LogP contribution in [0.1, 0.15) is 38.5 Å². The van der Waals surface area contributed by atoms with Crippen LogP contribution in [-0.2, 0) is 23.8 Å². The standard InChI is InChI=1S/C33H44N4O10S/c38-26(5-2-1-4-25-29-24(21-48-25)36-33(41)37-29)34-10-14-42-16-18-44-19-17-43-15-11-35-27(39)6-3-12-45-32-30-23(9-13-46-30)20-22-7-8-28(40)47-31(22)32/h7-9,13,20,24-25,29H,1-6,10-12,14-19,21H2,(H,34,38)(H,35,39)(H2,36,37,41)/t24-,25-,29-/m0/s1. The van der Waals surface area contributed by atoms with E-state index in [0.29, 0.717) is 87.7 Å². The normalized spacial score (nSPS) is 18.5. The van der Waals surface area contributed by atoms with Crippen molar-refractivity contribution in [1.29, 1.82) is 0 Å². The number of benzene rings is 1. The van der Waals surface area contributed by atoms with Crippen molar-refractivity contribution >= 4 is 51.5 Å². The minimum atomic E-state index is -0.480. The van der Waals surface area contributed by atoms with Crippen LogP contribution in [0, 0.1) is 0 Å². The molecule has 2 fully saturated rings. The number of hydrogen-bond donors (Lipinski definition) is 4. The fourth-order valence-corrected chi connectivity index (χ4v) is 7.21. The summed E-state index contributed by atoms with van der Waals surface area (Å²) >= 11 is 1.89. The third-order valence-corrected chi connectivity index (χ3v) is 9.55. The van der Waals surface area contributed by atoms with Crippen molar-refractivity contribution < 1.29 is 42.2 Å². The molecule has 2 aromatic heterocycles. The number of furan rings is 1. The first kappa shape index (κ1) is 35.5. The van der Waals surface area contributed by atoms with E-state index in [1.54, 1.807) is 12.3 Å². The maximum Gasteiger partial charge on any atom is 0.336 e. The molecule has 0 radical (unpaired) electrons. The van der Waals surface area contributed by atoms with Crippen LogP contribution in [0.15, 0.2) is 44.2 Å². The number of unbranched alkanes of at least 4 members (excludes halogenated alkanes) is 1. The zero-order valence-electron chi connectivity index (χ0n) is 26.9. The molecule has 0 spiro atoms. The lowest BCUT2D eigenvalue weighted by Crippen LogP contribution is -2.36. The predicted octanol–water partition coefficient (Wildman–Crippen LogP) is 2.71. The van der Waals surface area contributed by atoms with Crippen molar-refractivity contribution in [2.45, 2.75) is 55.9 Å². The molecule has 2 aliphatic rings. The number of fused-ring (bicyclic) bond motifs is 3. The van der Waals surface area contributed by atoms with E-state index in [1.807, 2.05) is 23.9 Å². The third kappa shape index (κ3) is 10.6. The average Bonchev–Trinajstić information content (AvgIpc) is 3.79. The van der Waals surface area contributed by atoms with Crippen LogP contribution >= 0.6 is 11.8 Å². The van der Waals surface area contributed by atoms with Gasteiger partial charge >= 0.3 is 11.7 Å². The van der Waals surface area contributed by atoms with Gasteiger partial charge in [0.25, 0.3) is 0 Å². The van der Waals surface area contributed by atoms with Crippen LogP contribution in [0.5, 0.6) is 5.75 Å². The highest BCUT2D eigenvalue weighted by atomic mass is 32.2. The number of nitrogens with one attached hydrogen (secondary N) is 4. The molecule has 2 saturated heterocycles. The Balaban J connectivity index is 0.788. The molecule has 48 heavy (non-hydrogen) atoms. The van der Waals surface area contributed by atoms with Crippen LogP contribution < -0.4 is 31.6 Å². The van der Waals surface area contributed by atoms with Gasteiger partial charge in [-0.05, 0) is 37.5 Å².